The maximum Gasteiger partial charge on any atom is 0.425 e. The van der Waals surface area contributed by atoms with Crippen LogP contribution in [-0.4, -0.2) is 19.3 Å². The second kappa shape index (κ2) is 5.40. The smallest absolute Gasteiger partial charge is 0.425 e. The number of nitrogens with one attached hydrogen (secondary N) is 1. The molecule has 5 heteroatoms. The quantitative estimate of drug-likeness (QED) is 0.881. The highest BCUT2D eigenvalue weighted by atomic mass is 19.4. The maximum absolute atomic E-state index is 12.3. The SMILES string of the molecule is CNC(C)c1ccc(OC(C)C(F)(F)F)cc1. The second-order valence-electron chi connectivity index (χ2n) is 3.88. The van der Waals surface area contributed by atoms with Gasteiger partial charge in [0.2, 0.25) is 0 Å². The highest BCUT2D eigenvalue weighted by molar-refractivity contribution is 5.29. The Balaban J connectivity index is 2.69. The van der Waals surface area contributed by atoms with Crippen LogP contribution in [0.1, 0.15) is 25.5 Å². The molecule has 2 nitrogen and oxygen atoms in total. The van der Waals surface area contributed by atoms with Crippen LogP contribution in [0.4, 0.5) is 13.2 Å². The monoisotopic (exact) mass is 247 g/mol. The minimum absolute atomic E-state index is 0.157. The van der Waals surface area contributed by atoms with Gasteiger partial charge in [-0.2, -0.15) is 13.2 Å². The highest BCUT2D eigenvalue weighted by Gasteiger charge is 2.37. The molecule has 0 bridgehead atoms. The van der Waals surface area contributed by atoms with Gasteiger partial charge in [0, 0.05) is 6.04 Å². The Morgan fingerprint density at radius 3 is 2.06 bits per heavy atom. The van der Waals surface area contributed by atoms with E-state index in [1.165, 1.54) is 0 Å². The molecule has 96 valence electrons. The average molecular weight is 247 g/mol. The van der Waals surface area contributed by atoms with E-state index >= 15 is 0 Å². The fraction of sp³-hybridized carbons (Fsp3) is 0.500. The molecule has 0 amide bonds. The summed E-state index contributed by atoms with van der Waals surface area (Å²) < 4.78 is 41.6. The Morgan fingerprint density at radius 2 is 1.65 bits per heavy atom. The summed E-state index contributed by atoms with van der Waals surface area (Å²) in [6.45, 7) is 2.96. The van der Waals surface area contributed by atoms with Crippen LogP contribution in [0.3, 0.4) is 0 Å². The van der Waals surface area contributed by atoms with Gasteiger partial charge in [-0.05, 0) is 38.6 Å². The summed E-state index contributed by atoms with van der Waals surface area (Å²) in [5.74, 6) is 0.224. The van der Waals surface area contributed by atoms with Crippen molar-refractivity contribution in [3.63, 3.8) is 0 Å². The van der Waals surface area contributed by atoms with Crippen molar-refractivity contribution in [3.05, 3.63) is 29.8 Å². The Labute approximate surface area is 98.8 Å². The molecule has 17 heavy (non-hydrogen) atoms. The van der Waals surface area contributed by atoms with Crippen LogP contribution in [0, 0.1) is 0 Å². The van der Waals surface area contributed by atoms with Crippen LogP contribution in [0.5, 0.6) is 5.75 Å². The Hall–Kier alpha value is -1.23. The van der Waals surface area contributed by atoms with E-state index in [0.29, 0.717) is 0 Å². The fourth-order valence-corrected chi connectivity index (χ4v) is 1.27. The van der Waals surface area contributed by atoms with Crippen molar-refractivity contribution in [2.45, 2.75) is 32.2 Å². The highest BCUT2D eigenvalue weighted by Crippen LogP contribution is 2.25. The Kier molecular flexibility index (Phi) is 4.40. The molecule has 2 atom stereocenters. The molecule has 1 aromatic rings. The van der Waals surface area contributed by atoms with Gasteiger partial charge in [0.05, 0.1) is 0 Å². The van der Waals surface area contributed by atoms with Crippen molar-refractivity contribution in [2.75, 3.05) is 7.05 Å². The van der Waals surface area contributed by atoms with Gasteiger partial charge in [0.25, 0.3) is 0 Å². The van der Waals surface area contributed by atoms with Gasteiger partial charge in [-0.3, -0.25) is 0 Å². The lowest BCUT2D eigenvalue weighted by molar-refractivity contribution is -0.189. The van der Waals surface area contributed by atoms with E-state index in [-0.39, 0.29) is 11.8 Å². The van der Waals surface area contributed by atoms with Crippen molar-refractivity contribution < 1.29 is 17.9 Å². The van der Waals surface area contributed by atoms with E-state index in [1.54, 1.807) is 24.3 Å². The molecule has 0 saturated heterocycles. The van der Waals surface area contributed by atoms with Gasteiger partial charge in [-0.1, -0.05) is 12.1 Å². The van der Waals surface area contributed by atoms with Gasteiger partial charge in [0.15, 0.2) is 6.10 Å². The number of ether oxygens (including phenoxy) is 1. The van der Waals surface area contributed by atoms with E-state index in [2.05, 4.69) is 5.32 Å². The third-order valence-electron chi connectivity index (χ3n) is 2.59. The number of rotatable bonds is 4. The van der Waals surface area contributed by atoms with Gasteiger partial charge in [0.1, 0.15) is 5.75 Å². The summed E-state index contributed by atoms with van der Waals surface area (Å²) >= 11 is 0. The summed E-state index contributed by atoms with van der Waals surface area (Å²) in [6, 6.07) is 6.75. The molecule has 0 aromatic heterocycles. The first-order chi connectivity index (χ1) is 7.84. The average Bonchev–Trinajstić information content (AvgIpc) is 2.27. The zero-order chi connectivity index (χ0) is 13.1. The summed E-state index contributed by atoms with van der Waals surface area (Å²) in [5, 5.41) is 3.04. The molecule has 0 aliphatic heterocycles. The second-order valence-corrected chi connectivity index (χ2v) is 3.88. The molecule has 0 saturated carbocycles. The summed E-state index contributed by atoms with van der Waals surface area (Å²) in [5.41, 5.74) is 1.000. The van der Waals surface area contributed by atoms with Gasteiger partial charge in [-0.15, -0.1) is 0 Å². The molecular formula is C12H16F3NO. The molecule has 0 heterocycles. The normalized spacial score (nSPS) is 15.4. The third-order valence-corrected chi connectivity index (χ3v) is 2.59. The minimum Gasteiger partial charge on any atom is -0.481 e. The third kappa shape index (κ3) is 3.93. The largest absolute Gasteiger partial charge is 0.481 e. The predicted molar refractivity (Wildman–Crippen MR) is 60.1 cm³/mol. The van der Waals surface area contributed by atoms with Crippen molar-refractivity contribution in [1.82, 2.24) is 5.32 Å². The zero-order valence-corrected chi connectivity index (χ0v) is 10.0. The maximum atomic E-state index is 12.3. The summed E-state index contributed by atoms with van der Waals surface area (Å²) in [7, 11) is 1.82. The number of benzene rings is 1. The van der Waals surface area contributed by atoms with E-state index < -0.39 is 12.3 Å². The van der Waals surface area contributed by atoms with Gasteiger partial charge < -0.3 is 10.1 Å². The van der Waals surface area contributed by atoms with Crippen molar-refractivity contribution in [1.29, 1.82) is 0 Å². The molecule has 1 rings (SSSR count). The van der Waals surface area contributed by atoms with Gasteiger partial charge >= 0.3 is 6.18 Å². The predicted octanol–water partition coefficient (Wildman–Crippen LogP) is 3.30. The molecule has 1 N–H and O–H groups in total. The lowest BCUT2D eigenvalue weighted by Crippen LogP contribution is -2.31. The van der Waals surface area contributed by atoms with Crippen molar-refractivity contribution in [2.24, 2.45) is 0 Å². The molecule has 0 spiro atoms. The van der Waals surface area contributed by atoms with Crippen LogP contribution in [0.15, 0.2) is 24.3 Å². The Morgan fingerprint density at radius 1 is 1.12 bits per heavy atom. The number of halogens is 3. The molecule has 0 radical (unpaired) electrons. The Bertz CT molecular complexity index is 348. The molecule has 2 unspecified atom stereocenters. The molecule has 0 aliphatic rings. The first-order valence-electron chi connectivity index (χ1n) is 5.35. The molecule has 1 aromatic carbocycles. The lowest BCUT2D eigenvalue weighted by atomic mass is 10.1. The summed E-state index contributed by atoms with van der Waals surface area (Å²) in [4.78, 5) is 0. The molecule has 0 aliphatic carbocycles. The first kappa shape index (κ1) is 13.8. The van der Waals surface area contributed by atoms with Crippen LogP contribution in [0.25, 0.3) is 0 Å². The van der Waals surface area contributed by atoms with Crippen molar-refractivity contribution >= 4 is 0 Å². The van der Waals surface area contributed by atoms with E-state index in [1.807, 2.05) is 14.0 Å². The van der Waals surface area contributed by atoms with Crippen molar-refractivity contribution in [3.8, 4) is 5.75 Å². The topological polar surface area (TPSA) is 21.3 Å². The lowest BCUT2D eigenvalue weighted by Gasteiger charge is -2.18. The summed E-state index contributed by atoms with van der Waals surface area (Å²) in [6.07, 6.45) is -6.13. The standard InChI is InChI=1S/C12H16F3NO/c1-8(16-3)10-4-6-11(7-5-10)17-9(2)12(13,14)15/h4-9,16H,1-3H3. The van der Waals surface area contributed by atoms with Crippen LogP contribution in [-0.2, 0) is 0 Å². The fourth-order valence-electron chi connectivity index (χ4n) is 1.27. The molecular weight excluding hydrogens is 231 g/mol. The number of hydrogen-bond donors (Lipinski definition) is 1. The number of alkyl halides is 3. The van der Waals surface area contributed by atoms with E-state index in [4.69, 9.17) is 4.74 Å². The van der Waals surface area contributed by atoms with E-state index in [9.17, 15) is 13.2 Å². The van der Waals surface area contributed by atoms with Gasteiger partial charge in [-0.25, -0.2) is 0 Å². The van der Waals surface area contributed by atoms with Crippen LogP contribution < -0.4 is 10.1 Å². The minimum atomic E-state index is -4.34. The van der Waals surface area contributed by atoms with Crippen LogP contribution >= 0.6 is 0 Å². The van der Waals surface area contributed by atoms with E-state index in [0.717, 1.165) is 12.5 Å². The molecule has 0 fully saturated rings. The van der Waals surface area contributed by atoms with Crippen LogP contribution in [0.2, 0.25) is 0 Å². The zero-order valence-electron chi connectivity index (χ0n) is 10.0. The number of hydrogen-bond acceptors (Lipinski definition) is 2. The first-order valence-corrected chi connectivity index (χ1v) is 5.35.